The number of carbonyl (C=O) groups is 1. The van der Waals surface area contributed by atoms with Crippen molar-refractivity contribution in [1.29, 1.82) is 0 Å². The Hall–Kier alpha value is -0.650. The van der Waals surface area contributed by atoms with Gasteiger partial charge >= 0.3 is 5.97 Å². The Labute approximate surface area is 89.3 Å². The van der Waals surface area contributed by atoms with Gasteiger partial charge < -0.3 is 10.2 Å². The highest BCUT2D eigenvalue weighted by atomic mass is 16.5. The van der Waals surface area contributed by atoms with Gasteiger partial charge in [-0.15, -0.1) is 10.3 Å². The molecule has 0 aromatic carbocycles. The summed E-state index contributed by atoms with van der Waals surface area (Å²) in [6, 6.07) is 0. The lowest BCUT2D eigenvalue weighted by atomic mass is 9.72. The predicted molar refractivity (Wildman–Crippen MR) is 52.5 cm³/mol. The van der Waals surface area contributed by atoms with Crippen molar-refractivity contribution in [3.05, 3.63) is 0 Å². The first-order valence-corrected chi connectivity index (χ1v) is 4.95. The molecule has 2 N–H and O–H groups in total. The highest BCUT2D eigenvalue weighted by molar-refractivity contribution is 5.77. The minimum atomic E-state index is -1.80. The van der Waals surface area contributed by atoms with E-state index in [1.165, 1.54) is 0 Å². The van der Waals surface area contributed by atoms with Gasteiger partial charge in [0.1, 0.15) is 0 Å². The monoisotopic (exact) mass is 216 g/mol. The third-order valence-corrected chi connectivity index (χ3v) is 2.95. The second kappa shape index (κ2) is 3.17. The van der Waals surface area contributed by atoms with E-state index in [0.717, 1.165) is 5.06 Å². The molecule has 87 valence electrons. The lowest BCUT2D eigenvalue weighted by Gasteiger charge is -2.51. The normalized spacial score (nSPS) is 28.7. The number of piperidine rings is 1. The summed E-state index contributed by atoms with van der Waals surface area (Å²) in [6.07, 6.45) is -0.107. The van der Waals surface area contributed by atoms with E-state index in [1.807, 2.05) is 0 Å². The molecule has 1 saturated heterocycles. The molecule has 0 bridgehead atoms. The molecule has 0 spiro atoms. The van der Waals surface area contributed by atoms with Crippen LogP contribution < -0.4 is 0 Å². The number of nitrogens with zero attached hydrogens (tertiary/aromatic N) is 1. The maximum absolute atomic E-state index is 11.9. The highest BCUT2D eigenvalue weighted by Gasteiger charge is 2.55. The number of carboxylic acid groups (broad SMARTS) is 1. The van der Waals surface area contributed by atoms with Gasteiger partial charge in [0, 0.05) is 23.9 Å². The molecule has 0 unspecified atom stereocenters. The number of aliphatic hydroxyl groups is 1. The molecular weight excluding hydrogens is 198 g/mol. The quantitative estimate of drug-likeness (QED) is 0.679. The fourth-order valence-electron chi connectivity index (χ4n) is 2.61. The van der Waals surface area contributed by atoms with Crippen molar-refractivity contribution in [2.75, 3.05) is 0 Å². The van der Waals surface area contributed by atoms with Crippen molar-refractivity contribution in [3.63, 3.8) is 0 Å². The summed E-state index contributed by atoms with van der Waals surface area (Å²) >= 11 is 0. The number of hydroxylamine groups is 2. The first-order chi connectivity index (χ1) is 6.51. The Morgan fingerprint density at radius 3 is 1.73 bits per heavy atom. The van der Waals surface area contributed by atoms with Gasteiger partial charge in [-0.25, -0.2) is 4.79 Å². The molecule has 1 rings (SSSR count). The van der Waals surface area contributed by atoms with E-state index in [4.69, 9.17) is 5.11 Å². The molecule has 1 radical (unpaired) electrons. The summed E-state index contributed by atoms with van der Waals surface area (Å²) in [4.78, 5) is 11.0. The molecule has 15 heavy (non-hydrogen) atoms. The van der Waals surface area contributed by atoms with Crippen molar-refractivity contribution >= 4 is 5.97 Å². The van der Waals surface area contributed by atoms with Crippen LogP contribution in [0.2, 0.25) is 0 Å². The zero-order valence-corrected chi connectivity index (χ0v) is 9.57. The number of carboxylic acids is 1. The van der Waals surface area contributed by atoms with Gasteiger partial charge in [0.2, 0.25) is 0 Å². The topological polar surface area (TPSA) is 80.7 Å². The first kappa shape index (κ1) is 12.4. The molecule has 1 fully saturated rings. The largest absolute Gasteiger partial charge is 0.479 e. The lowest BCUT2D eigenvalue weighted by Crippen LogP contribution is -2.65. The number of hydrogen-bond acceptors (Lipinski definition) is 3. The molecule has 5 nitrogen and oxygen atoms in total. The van der Waals surface area contributed by atoms with Gasteiger partial charge in [-0.05, 0) is 27.7 Å². The zero-order valence-electron chi connectivity index (χ0n) is 9.57. The maximum Gasteiger partial charge on any atom is 0.335 e. The van der Waals surface area contributed by atoms with Gasteiger partial charge in [-0.1, -0.05) is 0 Å². The summed E-state index contributed by atoms with van der Waals surface area (Å²) < 4.78 is 0. The Bertz CT molecular complexity index is 267. The van der Waals surface area contributed by atoms with Crippen LogP contribution in [0.1, 0.15) is 40.5 Å². The number of rotatable bonds is 1. The van der Waals surface area contributed by atoms with Crippen molar-refractivity contribution in [1.82, 2.24) is 5.06 Å². The van der Waals surface area contributed by atoms with Gasteiger partial charge in [-0.3, -0.25) is 0 Å². The van der Waals surface area contributed by atoms with Crippen LogP contribution in [-0.4, -0.2) is 37.9 Å². The van der Waals surface area contributed by atoms with Crippen LogP contribution in [0, 0.1) is 0 Å². The standard InChI is InChI=1S/C10H18NO4/c1-8(2)5-10(14,7(12)13)6-9(3,4)11(8)15/h14H,5-6H2,1-4H3,(H,12,13). The summed E-state index contributed by atoms with van der Waals surface area (Å²) in [5, 5.41) is 31.7. The van der Waals surface area contributed by atoms with Crippen molar-refractivity contribution < 1.29 is 20.2 Å². The average molecular weight is 216 g/mol. The van der Waals surface area contributed by atoms with Crippen LogP contribution >= 0.6 is 0 Å². The van der Waals surface area contributed by atoms with E-state index in [0.29, 0.717) is 0 Å². The van der Waals surface area contributed by atoms with E-state index >= 15 is 0 Å². The molecule has 0 saturated carbocycles. The molecule has 0 aromatic rings. The Morgan fingerprint density at radius 2 is 1.47 bits per heavy atom. The lowest BCUT2D eigenvalue weighted by molar-refractivity contribution is -0.309. The Balaban J connectivity index is 3.09. The molecule has 0 amide bonds. The minimum absolute atomic E-state index is 0.0533. The van der Waals surface area contributed by atoms with Gasteiger partial charge in [-0.2, -0.15) is 0 Å². The fraction of sp³-hybridized carbons (Fsp3) is 0.900. The fourth-order valence-corrected chi connectivity index (χ4v) is 2.61. The SMILES string of the molecule is CC1(C)CC(O)(C(=O)O)CC(C)(C)N1[O]. The molecule has 5 heteroatoms. The summed E-state index contributed by atoms with van der Waals surface area (Å²) in [5.74, 6) is -1.25. The van der Waals surface area contributed by atoms with Crippen molar-refractivity contribution in [3.8, 4) is 0 Å². The van der Waals surface area contributed by atoms with Gasteiger partial charge in [0.25, 0.3) is 0 Å². The van der Waals surface area contributed by atoms with E-state index in [2.05, 4.69) is 0 Å². The molecular formula is C10H18NO4. The summed E-state index contributed by atoms with van der Waals surface area (Å²) in [7, 11) is 0. The Kier molecular flexibility index (Phi) is 2.62. The van der Waals surface area contributed by atoms with Crippen LogP contribution in [0.25, 0.3) is 0 Å². The second-order valence-electron chi connectivity index (χ2n) is 5.61. The first-order valence-electron chi connectivity index (χ1n) is 4.95. The predicted octanol–water partition coefficient (Wildman–Crippen LogP) is 0.801. The molecule has 0 atom stereocenters. The number of aliphatic carboxylic acids is 1. The van der Waals surface area contributed by atoms with Crippen LogP contribution in [0.4, 0.5) is 0 Å². The smallest absolute Gasteiger partial charge is 0.335 e. The van der Waals surface area contributed by atoms with Crippen LogP contribution in [0.5, 0.6) is 0 Å². The van der Waals surface area contributed by atoms with Gasteiger partial charge in [0.05, 0.1) is 0 Å². The second-order valence-corrected chi connectivity index (χ2v) is 5.61. The van der Waals surface area contributed by atoms with Crippen LogP contribution in [0.15, 0.2) is 0 Å². The number of hydrogen-bond donors (Lipinski definition) is 2. The zero-order chi connectivity index (χ0) is 12.1. The maximum atomic E-state index is 11.9. The molecule has 1 aliphatic rings. The molecule has 0 aliphatic carbocycles. The van der Waals surface area contributed by atoms with E-state index < -0.39 is 22.6 Å². The van der Waals surface area contributed by atoms with E-state index in [9.17, 15) is 15.1 Å². The highest BCUT2D eigenvalue weighted by Crippen LogP contribution is 2.42. The minimum Gasteiger partial charge on any atom is -0.479 e. The molecule has 1 aliphatic heterocycles. The van der Waals surface area contributed by atoms with Crippen molar-refractivity contribution in [2.24, 2.45) is 0 Å². The summed E-state index contributed by atoms with van der Waals surface area (Å²) in [6.45, 7) is 6.59. The van der Waals surface area contributed by atoms with Crippen LogP contribution in [0.3, 0.4) is 0 Å². The average Bonchev–Trinajstić information content (AvgIpc) is 1.98. The molecule has 1 heterocycles. The molecule has 0 aromatic heterocycles. The van der Waals surface area contributed by atoms with Gasteiger partial charge in [0.15, 0.2) is 5.60 Å². The van der Waals surface area contributed by atoms with E-state index in [-0.39, 0.29) is 12.8 Å². The third-order valence-electron chi connectivity index (χ3n) is 2.95. The van der Waals surface area contributed by atoms with E-state index in [1.54, 1.807) is 27.7 Å². The third kappa shape index (κ3) is 2.00. The Morgan fingerprint density at radius 1 is 1.13 bits per heavy atom. The van der Waals surface area contributed by atoms with Crippen molar-refractivity contribution in [2.45, 2.75) is 57.2 Å². The van der Waals surface area contributed by atoms with Crippen LogP contribution in [-0.2, 0) is 10.0 Å². The summed E-state index contributed by atoms with van der Waals surface area (Å²) in [5.41, 5.74) is -3.53.